The molecule has 2 aromatic rings. The van der Waals surface area contributed by atoms with E-state index in [9.17, 15) is 9.59 Å². The zero-order chi connectivity index (χ0) is 19.5. The van der Waals surface area contributed by atoms with Gasteiger partial charge in [0.1, 0.15) is 11.1 Å². The first kappa shape index (κ1) is 17.4. The number of carbonyl (C=O) groups is 2. The third kappa shape index (κ3) is 1.67. The maximum absolute atomic E-state index is 13.0. The number of benzene rings is 2. The van der Waals surface area contributed by atoms with Gasteiger partial charge in [0.2, 0.25) is 0 Å². The number of piperazine rings is 1. The summed E-state index contributed by atoms with van der Waals surface area (Å²) in [4.78, 5) is 29.7. The molecule has 0 saturated carbocycles. The van der Waals surface area contributed by atoms with Gasteiger partial charge in [0.05, 0.1) is 0 Å². The van der Waals surface area contributed by atoms with Crippen LogP contribution in [0.25, 0.3) is 0 Å². The quantitative estimate of drug-likeness (QED) is 0.757. The first-order chi connectivity index (χ1) is 13.7. The molecular weight excluding hydrogens is 356 g/mol. The number of β-lactam (4-membered cyclic amide) rings is 2. The van der Waals surface area contributed by atoms with Crippen molar-refractivity contribution in [2.24, 2.45) is 0 Å². The second-order valence-electron chi connectivity index (χ2n) is 7.48. The maximum atomic E-state index is 13.0. The highest BCUT2D eigenvalue weighted by Crippen LogP contribution is 2.65. The molecule has 3 aliphatic rings. The molecule has 28 heavy (non-hydrogen) atoms. The highest BCUT2D eigenvalue weighted by Gasteiger charge is 2.83. The van der Waals surface area contributed by atoms with Crippen LogP contribution in [0.15, 0.2) is 60.7 Å². The van der Waals surface area contributed by atoms with Crippen LogP contribution in [0.3, 0.4) is 0 Å². The predicted molar refractivity (Wildman–Crippen MR) is 101 cm³/mol. The molecule has 3 heterocycles. The van der Waals surface area contributed by atoms with E-state index in [1.165, 1.54) is 0 Å². The molecule has 6 nitrogen and oxygen atoms in total. The number of fused-ring (bicyclic) bond motifs is 3. The van der Waals surface area contributed by atoms with E-state index in [1.807, 2.05) is 70.5 Å². The monoisotopic (exact) mass is 378 g/mol. The van der Waals surface area contributed by atoms with E-state index in [4.69, 9.17) is 9.47 Å². The summed E-state index contributed by atoms with van der Waals surface area (Å²) in [5, 5.41) is 0. The maximum Gasteiger partial charge on any atom is 0.255 e. The van der Waals surface area contributed by atoms with Crippen molar-refractivity contribution in [3.05, 3.63) is 71.8 Å². The lowest BCUT2D eigenvalue weighted by molar-refractivity contribution is -0.290. The second kappa shape index (κ2) is 5.90. The van der Waals surface area contributed by atoms with Crippen LogP contribution in [0, 0.1) is 0 Å². The molecule has 2 aromatic carbocycles. The molecule has 0 radical (unpaired) electrons. The molecule has 0 spiro atoms. The fraction of sp³-hybridized carbons (Fsp3) is 0.364. The van der Waals surface area contributed by atoms with E-state index in [0.717, 1.165) is 11.1 Å². The Morgan fingerprint density at radius 1 is 0.714 bits per heavy atom. The van der Waals surface area contributed by atoms with Gasteiger partial charge in [-0.15, -0.1) is 0 Å². The summed E-state index contributed by atoms with van der Waals surface area (Å²) < 4.78 is 11.5. The van der Waals surface area contributed by atoms with Crippen LogP contribution in [0.2, 0.25) is 0 Å². The number of hydrogen-bond donors (Lipinski definition) is 0. The molecule has 144 valence electrons. The van der Waals surface area contributed by atoms with Gasteiger partial charge < -0.3 is 19.3 Å². The molecule has 0 bridgehead atoms. The molecule has 0 unspecified atom stereocenters. The Hall–Kier alpha value is -2.70. The molecule has 2 amide bonds. The molecule has 4 atom stereocenters. The normalized spacial score (nSPS) is 33.6. The average Bonchev–Trinajstić information content (AvgIpc) is 2.74. The van der Waals surface area contributed by atoms with Crippen molar-refractivity contribution in [2.45, 2.75) is 23.3 Å². The van der Waals surface area contributed by atoms with E-state index in [1.54, 1.807) is 14.2 Å². The standard InChI is InChI=1S/C22H22N2O4/c1-27-17-19(25)23-13-14-24-20(26)18(28-2)22(24,16-11-7-4-8-12-16)21(17,23)15-9-5-3-6-10-15/h3-12,17-18H,13-14H2,1-2H3/t17-,18+,21-,22+. The van der Waals surface area contributed by atoms with Gasteiger partial charge in [0.25, 0.3) is 11.8 Å². The van der Waals surface area contributed by atoms with Crippen LogP contribution in [0.4, 0.5) is 0 Å². The molecule has 0 aliphatic carbocycles. The van der Waals surface area contributed by atoms with E-state index in [0.29, 0.717) is 13.1 Å². The van der Waals surface area contributed by atoms with Crippen molar-refractivity contribution in [1.29, 1.82) is 0 Å². The van der Waals surface area contributed by atoms with Crippen LogP contribution in [0.5, 0.6) is 0 Å². The van der Waals surface area contributed by atoms with Crippen LogP contribution < -0.4 is 0 Å². The lowest BCUT2D eigenvalue weighted by Gasteiger charge is -2.75. The fourth-order valence-electron chi connectivity index (χ4n) is 5.70. The van der Waals surface area contributed by atoms with Crippen molar-refractivity contribution < 1.29 is 19.1 Å². The van der Waals surface area contributed by atoms with Gasteiger partial charge in [0, 0.05) is 27.3 Å². The van der Waals surface area contributed by atoms with Gasteiger partial charge in [-0.3, -0.25) is 9.59 Å². The van der Waals surface area contributed by atoms with Crippen molar-refractivity contribution >= 4 is 11.8 Å². The first-order valence-electron chi connectivity index (χ1n) is 9.45. The lowest BCUT2D eigenvalue weighted by Crippen LogP contribution is -2.94. The number of methoxy groups -OCH3 is 2. The minimum atomic E-state index is -0.839. The van der Waals surface area contributed by atoms with Crippen molar-refractivity contribution in [2.75, 3.05) is 27.3 Å². The summed E-state index contributed by atoms with van der Waals surface area (Å²) in [6.07, 6.45) is -1.38. The highest BCUT2D eigenvalue weighted by atomic mass is 16.5. The number of rotatable bonds is 4. The zero-order valence-corrected chi connectivity index (χ0v) is 15.9. The summed E-state index contributed by atoms with van der Waals surface area (Å²) in [5.41, 5.74) is 0.219. The van der Waals surface area contributed by atoms with Gasteiger partial charge in [-0.05, 0) is 11.1 Å². The third-order valence-corrected chi connectivity index (χ3v) is 6.62. The van der Waals surface area contributed by atoms with Crippen molar-refractivity contribution in [1.82, 2.24) is 9.80 Å². The molecular formula is C22H22N2O4. The van der Waals surface area contributed by atoms with E-state index >= 15 is 0 Å². The lowest BCUT2D eigenvalue weighted by atomic mass is 9.52. The van der Waals surface area contributed by atoms with Gasteiger partial charge in [-0.1, -0.05) is 60.7 Å². The number of amides is 2. The highest BCUT2D eigenvalue weighted by molar-refractivity contribution is 5.99. The second-order valence-corrected chi connectivity index (χ2v) is 7.48. The Labute approximate surface area is 163 Å². The Kier molecular flexibility index (Phi) is 3.66. The third-order valence-electron chi connectivity index (χ3n) is 6.62. The average molecular weight is 378 g/mol. The van der Waals surface area contributed by atoms with Gasteiger partial charge >= 0.3 is 0 Å². The van der Waals surface area contributed by atoms with Crippen LogP contribution in [-0.2, 0) is 30.1 Å². The Balaban J connectivity index is 1.86. The molecule has 3 saturated heterocycles. The van der Waals surface area contributed by atoms with Crippen molar-refractivity contribution in [3.63, 3.8) is 0 Å². The number of carbonyl (C=O) groups excluding carboxylic acids is 2. The minimum absolute atomic E-state index is 0.0458. The van der Waals surface area contributed by atoms with Gasteiger partial charge in [-0.25, -0.2) is 0 Å². The molecule has 0 N–H and O–H groups in total. The zero-order valence-electron chi connectivity index (χ0n) is 15.9. The largest absolute Gasteiger partial charge is 0.369 e. The van der Waals surface area contributed by atoms with Gasteiger partial charge in [0.15, 0.2) is 12.2 Å². The smallest absolute Gasteiger partial charge is 0.255 e. The number of ether oxygens (including phenoxy) is 2. The predicted octanol–water partition coefficient (Wildman–Crippen LogP) is 1.51. The van der Waals surface area contributed by atoms with E-state index in [2.05, 4.69) is 0 Å². The van der Waals surface area contributed by atoms with Crippen LogP contribution >= 0.6 is 0 Å². The molecule has 0 aromatic heterocycles. The SMILES string of the molecule is CO[C@@H]1C(=O)N2CCN3C(=O)[C@H](OC)[C@@]3(c3ccccc3)[C@@]12c1ccccc1. The molecule has 6 heteroatoms. The number of hydrogen-bond acceptors (Lipinski definition) is 4. The summed E-state index contributed by atoms with van der Waals surface area (Å²) in [6, 6.07) is 19.8. The number of nitrogens with zero attached hydrogens (tertiary/aromatic N) is 2. The Morgan fingerprint density at radius 2 is 1.07 bits per heavy atom. The minimum Gasteiger partial charge on any atom is -0.369 e. The molecule has 3 fully saturated rings. The fourth-order valence-corrected chi connectivity index (χ4v) is 5.70. The van der Waals surface area contributed by atoms with E-state index < -0.39 is 23.3 Å². The molecule has 5 rings (SSSR count). The van der Waals surface area contributed by atoms with Crippen LogP contribution in [-0.4, -0.2) is 61.1 Å². The summed E-state index contributed by atoms with van der Waals surface area (Å²) in [6.45, 7) is 0.953. The summed E-state index contributed by atoms with van der Waals surface area (Å²) in [5.74, 6) is -0.0916. The Morgan fingerprint density at radius 3 is 1.39 bits per heavy atom. The summed E-state index contributed by atoms with van der Waals surface area (Å²) >= 11 is 0. The van der Waals surface area contributed by atoms with Gasteiger partial charge in [-0.2, -0.15) is 0 Å². The molecule has 3 aliphatic heterocycles. The topological polar surface area (TPSA) is 59.1 Å². The van der Waals surface area contributed by atoms with E-state index in [-0.39, 0.29) is 11.8 Å². The van der Waals surface area contributed by atoms with Crippen molar-refractivity contribution in [3.8, 4) is 0 Å². The summed E-state index contributed by atoms with van der Waals surface area (Å²) in [7, 11) is 3.12. The van der Waals surface area contributed by atoms with Crippen LogP contribution in [0.1, 0.15) is 11.1 Å². The Bertz CT molecular complexity index is 837. The first-order valence-corrected chi connectivity index (χ1v) is 9.45.